The van der Waals surface area contributed by atoms with Crippen LogP contribution in [-0.4, -0.2) is 27.5 Å². The molecule has 1 aromatic heterocycles. The molecule has 1 amide bonds. The van der Waals surface area contributed by atoms with E-state index in [-0.39, 0.29) is 24.8 Å². The molecule has 3 aromatic rings. The predicted octanol–water partition coefficient (Wildman–Crippen LogP) is 3.76. The second kappa shape index (κ2) is 9.03. The zero-order valence-corrected chi connectivity index (χ0v) is 18.3. The molecule has 1 N–H and O–H groups in total. The Hall–Kier alpha value is -2.97. The van der Waals surface area contributed by atoms with Gasteiger partial charge in [0.2, 0.25) is 12.7 Å². The molecule has 1 atom stereocenters. The Balaban J connectivity index is 1.50. The van der Waals surface area contributed by atoms with Crippen molar-refractivity contribution in [1.29, 1.82) is 0 Å². The van der Waals surface area contributed by atoms with Crippen molar-refractivity contribution in [3.8, 4) is 11.5 Å². The molecule has 1 aliphatic rings. The van der Waals surface area contributed by atoms with Gasteiger partial charge in [-0.15, -0.1) is 6.58 Å². The van der Waals surface area contributed by atoms with Crippen molar-refractivity contribution in [3.63, 3.8) is 0 Å². The highest BCUT2D eigenvalue weighted by atomic mass is 35.5. The molecule has 2 aromatic carbocycles. The lowest BCUT2D eigenvalue weighted by molar-refractivity contribution is -0.120. The van der Waals surface area contributed by atoms with E-state index >= 15 is 0 Å². The normalized spacial score (nSPS) is 13.2. The number of amides is 1. The number of hydrogen-bond donors (Lipinski definition) is 1. The molecule has 0 bridgehead atoms. The fourth-order valence-corrected chi connectivity index (χ4v) is 4.26. The lowest BCUT2D eigenvalue weighted by atomic mass is 10.2. The third kappa shape index (κ3) is 4.55. The van der Waals surface area contributed by atoms with Crippen LogP contribution < -0.4 is 20.3 Å². The average molecular weight is 458 g/mol. The zero-order chi connectivity index (χ0) is 22.0. The molecule has 160 valence electrons. The van der Waals surface area contributed by atoms with Crippen molar-refractivity contribution in [3.05, 3.63) is 70.0 Å². The number of nitrogens with zero attached hydrogens (tertiary/aromatic N) is 2. The molecule has 0 spiro atoms. The molecule has 1 aliphatic heterocycles. The summed E-state index contributed by atoms with van der Waals surface area (Å²) in [7, 11) is 0. The monoisotopic (exact) mass is 457 g/mol. The van der Waals surface area contributed by atoms with E-state index in [2.05, 4.69) is 16.9 Å². The lowest BCUT2D eigenvalue weighted by Crippen LogP contribution is -2.31. The molecule has 4 rings (SSSR count). The number of carbonyl (C=O) groups excluding carboxylic acids is 1. The van der Waals surface area contributed by atoms with Gasteiger partial charge in [-0.2, -0.15) is 0 Å². The van der Waals surface area contributed by atoms with Crippen LogP contribution in [-0.2, 0) is 17.9 Å². The number of hydrogen-bond acceptors (Lipinski definition) is 6. The molecule has 2 heterocycles. The van der Waals surface area contributed by atoms with Gasteiger partial charge in [0.15, 0.2) is 16.7 Å². The standard InChI is InChI=1S/C22H20ClN3O4S/c1-3-8-26-21(28)16-10-15(23)5-6-17(16)25-22(26)31-13(2)20(27)24-11-14-4-7-18-19(9-14)30-12-29-18/h3-7,9-10,13H,1,8,11-12H2,2H3,(H,24,27). The second-order valence-corrected chi connectivity index (χ2v) is 8.67. The summed E-state index contributed by atoms with van der Waals surface area (Å²) < 4.78 is 12.2. The molecule has 0 saturated heterocycles. The van der Waals surface area contributed by atoms with Crippen LogP contribution in [0.1, 0.15) is 12.5 Å². The molecule has 1 unspecified atom stereocenters. The Morgan fingerprint density at radius 1 is 1.32 bits per heavy atom. The first-order chi connectivity index (χ1) is 15.0. The summed E-state index contributed by atoms with van der Waals surface area (Å²) >= 11 is 7.25. The van der Waals surface area contributed by atoms with E-state index in [1.807, 2.05) is 18.2 Å². The largest absolute Gasteiger partial charge is 0.454 e. The van der Waals surface area contributed by atoms with Gasteiger partial charge in [0.1, 0.15) is 0 Å². The Kier molecular flexibility index (Phi) is 6.20. The third-order valence-corrected chi connectivity index (χ3v) is 6.07. The van der Waals surface area contributed by atoms with E-state index in [0.29, 0.717) is 39.1 Å². The van der Waals surface area contributed by atoms with Crippen LogP contribution in [0, 0.1) is 0 Å². The number of rotatable bonds is 7. The van der Waals surface area contributed by atoms with Crippen molar-refractivity contribution < 1.29 is 14.3 Å². The summed E-state index contributed by atoms with van der Waals surface area (Å²) in [4.78, 5) is 30.2. The van der Waals surface area contributed by atoms with Gasteiger partial charge in [-0.05, 0) is 42.8 Å². The van der Waals surface area contributed by atoms with E-state index in [0.717, 1.165) is 5.56 Å². The highest BCUT2D eigenvalue weighted by Crippen LogP contribution is 2.32. The summed E-state index contributed by atoms with van der Waals surface area (Å²) in [5, 5.41) is 3.79. The molecular formula is C22H20ClN3O4S. The molecular weight excluding hydrogens is 438 g/mol. The quantitative estimate of drug-likeness (QED) is 0.330. The SMILES string of the molecule is C=CCn1c(SC(C)C(=O)NCc2ccc3c(c2)OCO3)nc2ccc(Cl)cc2c1=O. The average Bonchev–Trinajstić information content (AvgIpc) is 3.23. The summed E-state index contributed by atoms with van der Waals surface area (Å²) in [5.41, 5.74) is 1.21. The van der Waals surface area contributed by atoms with E-state index in [1.165, 1.54) is 16.3 Å². The maximum atomic E-state index is 12.9. The van der Waals surface area contributed by atoms with Crippen LogP contribution in [0.25, 0.3) is 10.9 Å². The van der Waals surface area contributed by atoms with Gasteiger partial charge in [-0.1, -0.05) is 35.5 Å². The van der Waals surface area contributed by atoms with Crippen molar-refractivity contribution >= 4 is 40.2 Å². The van der Waals surface area contributed by atoms with Crippen LogP contribution in [0.15, 0.2) is 59.0 Å². The van der Waals surface area contributed by atoms with Crippen molar-refractivity contribution in [2.45, 2.75) is 30.4 Å². The molecule has 31 heavy (non-hydrogen) atoms. The first-order valence-electron chi connectivity index (χ1n) is 9.60. The number of nitrogens with one attached hydrogen (secondary N) is 1. The van der Waals surface area contributed by atoms with Gasteiger partial charge >= 0.3 is 0 Å². The van der Waals surface area contributed by atoms with Crippen molar-refractivity contribution in [2.24, 2.45) is 0 Å². The first kappa shape index (κ1) is 21.3. The summed E-state index contributed by atoms with van der Waals surface area (Å²) in [6, 6.07) is 10.5. The third-order valence-electron chi connectivity index (χ3n) is 4.75. The number of fused-ring (bicyclic) bond motifs is 2. The number of ether oxygens (including phenoxy) is 2. The highest BCUT2D eigenvalue weighted by molar-refractivity contribution is 8.00. The molecule has 9 heteroatoms. The van der Waals surface area contributed by atoms with Crippen molar-refractivity contribution in [2.75, 3.05) is 6.79 Å². The summed E-state index contributed by atoms with van der Waals surface area (Å²) in [6.45, 7) is 6.33. The van der Waals surface area contributed by atoms with E-state index < -0.39 is 5.25 Å². The van der Waals surface area contributed by atoms with E-state index in [9.17, 15) is 9.59 Å². The van der Waals surface area contributed by atoms with Crippen LogP contribution in [0.4, 0.5) is 0 Å². The predicted molar refractivity (Wildman–Crippen MR) is 121 cm³/mol. The van der Waals surface area contributed by atoms with Crippen molar-refractivity contribution in [1.82, 2.24) is 14.9 Å². The second-order valence-electron chi connectivity index (χ2n) is 6.93. The topological polar surface area (TPSA) is 82.5 Å². The minimum absolute atomic E-state index is 0.168. The maximum absolute atomic E-state index is 12.9. The fraction of sp³-hybridized carbons (Fsp3) is 0.227. The van der Waals surface area contributed by atoms with Crippen LogP contribution in [0.5, 0.6) is 11.5 Å². The van der Waals surface area contributed by atoms with Crippen LogP contribution in [0.2, 0.25) is 5.02 Å². The first-order valence-corrected chi connectivity index (χ1v) is 10.9. The number of benzene rings is 2. The van der Waals surface area contributed by atoms with Gasteiger partial charge in [0.25, 0.3) is 5.56 Å². The van der Waals surface area contributed by atoms with Gasteiger partial charge in [0, 0.05) is 18.1 Å². The van der Waals surface area contributed by atoms with Gasteiger partial charge in [-0.3, -0.25) is 14.2 Å². The Morgan fingerprint density at radius 2 is 2.13 bits per heavy atom. The smallest absolute Gasteiger partial charge is 0.262 e. The van der Waals surface area contributed by atoms with Gasteiger partial charge < -0.3 is 14.8 Å². The number of halogens is 1. The van der Waals surface area contributed by atoms with Gasteiger partial charge in [-0.25, -0.2) is 4.98 Å². The Morgan fingerprint density at radius 3 is 2.94 bits per heavy atom. The highest BCUT2D eigenvalue weighted by Gasteiger charge is 2.20. The molecule has 0 fully saturated rings. The summed E-state index contributed by atoms with van der Waals surface area (Å²) in [5.74, 6) is 1.20. The molecule has 0 radical (unpaired) electrons. The van der Waals surface area contributed by atoms with Gasteiger partial charge in [0.05, 0.1) is 16.2 Å². The number of allylic oxidation sites excluding steroid dienone is 1. The minimum atomic E-state index is -0.471. The number of carbonyl (C=O) groups is 1. The fourth-order valence-electron chi connectivity index (χ4n) is 3.15. The zero-order valence-electron chi connectivity index (χ0n) is 16.8. The van der Waals surface area contributed by atoms with E-state index in [1.54, 1.807) is 31.2 Å². The van der Waals surface area contributed by atoms with Crippen LogP contribution in [0.3, 0.4) is 0 Å². The number of thioether (sulfide) groups is 1. The minimum Gasteiger partial charge on any atom is -0.454 e. The van der Waals surface area contributed by atoms with Crippen LogP contribution >= 0.6 is 23.4 Å². The Bertz CT molecular complexity index is 1230. The Labute approximate surface area is 188 Å². The maximum Gasteiger partial charge on any atom is 0.262 e. The summed E-state index contributed by atoms with van der Waals surface area (Å²) in [6.07, 6.45) is 1.62. The molecule has 0 aliphatic carbocycles. The van der Waals surface area contributed by atoms with E-state index in [4.69, 9.17) is 21.1 Å². The molecule has 0 saturated carbocycles. The lowest BCUT2D eigenvalue weighted by Gasteiger charge is -2.15. The molecule has 7 nitrogen and oxygen atoms in total. The number of aromatic nitrogens is 2.